The van der Waals surface area contributed by atoms with E-state index >= 15 is 0 Å². The summed E-state index contributed by atoms with van der Waals surface area (Å²) in [5, 5.41) is 11.0. The Hall–Kier alpha value is -0.500. The van der Waals surface area contributed by atoms with E-state index in [0.717, 1.165) is 0 Å². The number of carbonyl (C=O) groups is 1. The van der Waals surface area contributed by atoms with Crippen molar-refractivity contribution in [2.45, 2.75) is 18.4 Å². The van der Waals surface area contributed by atoms with Gasteiger partial charge in [-0.3, -0.25) is 9.11 Å². The van der Waals surface area contributed by atoms with E-state index in [4.69, 9.17) is 10.8 Å². The molecule has 0 unspecified atom stereocenters. The molecule has 0 atom stereocenters. The van der Waals surface area contributed by atoms with Gasteiger partial charge in [0.15, 0.2) is 0 Å². The maximum atomic E-state index is 10.5. The highest BCUT2D eigenvalue weighted by molar-refractivity contribution is 8.24. The predicted molar refractivity (Wildman–Crippen MR) is 54.8 cm³/mol. The fraction of sp³-hybridized carbons (Fsp3) is 0.857. The Bertz CT molecular complexity index is 224. The Morgan fingerprint density at radius 3 is 2.29 bits per heavy atom. The van der Waals surface area contributed by atoms with E-state index in [2.05, 4.69) is 5.32 Å². The highest BCUT2D eigenvalue weighted by Gasteiger charge is 2.37. The first-order valence-electron chi connectivity index (χ1n) is 4.34. The number of nitrogens with one attached hydrogen (secondary N) is 1. The third-order valence-corrected chi connectivity index (χ3v) is 4.29. The van der Waals surface area contributed by atoms with Crippen molar-refractivity contribution in [1.29, 1.82) is 0 Å². The van der Waals surface area contributed by atoms with Crippen LogP contribution < -0.4 is 11.1 Å². The normalized spacial score (nSPS) is 26.5. The van der Waals surface area contributed by atoms with Crippen LogP contribution in [0.5, 0.6) is 0 Å². The third kappa shape index (κ3) is 2.74. The summed E-state index contributed by atoms with van der Waals surface area (Å²) in [6, 6.07) is 0. The van der Waals surface area contributed by atoms with Crippen molar-refractivity contribution in [3.8, 4) is 0 Å². The van der Waals surface area contributed by atoms with E-state index in [1.165, 1.54) is 0 Å². The summed E-state index contributed by atoms with van der Waals surface area (Å²) in [4.78, 5) is 10.5. The van der Waals surface area contributed by atoms with Crippen LogP contribution in [0.15, 0.2) is 0 Å². The molecular formula is C7H16N2O4S. The quantitative estimate of drug-likeness (QED) is 0.468. The second kappa shape index (κ2) is 3.93. The van der Waals surface area contributed by atoms with Gasteiger partial charge in [-0.1, -0.05) is 0 Å². The van der Waals surface area contributed by atoms with Crippen LogP contribution in [0, 0.1) is 0 Å². The molecule has 0 aromatic rings. The zero-order chi connectivity index (χ0) is 10.8. The van der Waals surface area contributed by atoms with Crippen molar-refractivity contribution < 1.29 is 19.0 Å². The minimum Gasteiger partial charge on any atom is -0.465 e. The van der Waals surface area contributed by atoms with E-state index in [9.17, 15) is 13.9 Å². The molecule has 0 bridgehead atoms. The van der Waals surface area contributed by atoms with Crippen molar-refractivity contribution in [1.82, 2.24) is 5.32 Å². The molecule has 0 saturated carbocycles. The second-order valence-corrected chi connectivity index (χ2v) is 6.05. The Labute approximate surface area is 83.8 Å². The first kappa shape index (κ1) is 11.6. The zero-order valence-electron chi connectivity index (χ0n) is 7.77. The molecule has 0 aromatic carbocycles. The monoisotopic (exact) mass is 224 g/mol. The van der Waals surface area contributed by atoms with Gasteiger partial charge in [0.05, 0.1) is 5.54 Å². The molecule has 7 heteroatoms. The van der Waals surface area contributed by atoms with Crippen molar-refractivity contribution in [2.24, 2.45) is 5.73 Å². The Kier molecular flexibility index (Phi) is 3.25. The van der Waals surface area contributed by atoms with Gasteiger partial charge in [-0.05, 0) is 12.8 Å². The van der Waals surface area contributed by atoms with Crippen molar-refractivity contribution in [3.63, 3.8) is 0 Å². The first-order chi connectivity index (χ1) is 6.39. The molecule has 1 heterocycles. The van der Waals surface area contributed by atoms with Crippen molar-refractivity contribution >= 4 is 16.7 Å². The smallest absolute Gasteiger partial charge is 0.405 e. The standard InChI is InChI=1S/C7H16N2O4S/c8-5-7(9-6(10)11)1-3-14(12,13)4-2-7/h9,12-13H,1-5,8H2,(H,10,11). The maximum Gasteiger partial charge on any atom is 0.405 e. The van der Waals surface area contributed by atoms with Gasteiger partial charge in [0.25, 0.3) is 0 Å². The SMILES string of the molecule is NCC1(NC(=O)O)CCS(O)(O)CC1. The highest BCUT2D eigenvalue weighted by atomic mass is 32.3. The van der Waals surface area contributed by atoms with Gasteiger partial charge >= 0.3 is 6.09 Å². The first-order valence-corrected chi connectivity index (χ1v) is 6.22. The zero-order valence-corrected chi connectivity index (χ0v) is 8.59. The Morgan fingerprint density at radius 1 is 1.43 bits per heavy atom. The number of amides is 1. The molecular weight excluding hydrogens is 208 g/mol. The van der Waals surface area contributed by atoms with Crippen molar-refractivity contribution in [2.75, 3.05) is 18.1 Å². The topological polar surface area (TPSA) is 116 Å². The van der Waals surface area contributed by atoms with E-state index in [1.807, 2.05) is 0 Å². The van der Waals surface area contributed by atoms with Crippen LogP contribution in [0.1, 0.15) is 12.8 Å². The van der Waals surface area contributed by atoms with Gasteiger partial charge in [0, 0.05) is 18.1 Å². The molecule has 0 aliphatic carbocycles. The van der Waals surface area contributed by atoms with Crippen LogP contribution in [0.4, 0.5) is 4.79 Å². The number of rotatable bonds is 2. The maximum absolute atomic E-state index is 10.5. The number of carboxylic acid groups (broad SMARTS) is 1. The van der Waals surface area contributed by atoms with Gasteiger partial charge in [-0.2, -0.15) is 10.6 Å². The summed E-state index contributed by atoms with van der Waals surface area (Å²) < 4.78 is 18.7. The molecule has 1 aliphatic heterocycles. The highest BCUT2D eigenvalue weighted by Crippen LogP contribution is 2.46. The lowest BCUT2D eigenvalue weighted by molar-refractivity contribution is 0.173. The largest absolute Gasteiger partial charge is 0.465 e. The Morgan fingerprint density at radius 2 is 1.93 bits per heavy atom. The van der Waals surface area contributed by atoms with Gasteiger partial charge < -0.3 is 16.2 Å². The molecule has 0 aromatic heterocycles. The molecule has 0 spiro atoms. The molecule has 14 heavy (non-hydrogen) atoms. The van der Waals surface area contributed by atoms with Crippen LogP contribution in [0.2, 0.25) is 0 Å². The summed E-state index contributed by atoms with van der Waals surface area (Å²) in [6.45, 7) is 0.189. The van der Waals surface area contributed by atoms with Gasteiger partial charge in [0.1, 0.15) is 0 Å². The molecule has 6 N–H and O–H groups in total. The average Bonchev–Trinajstić information content (AvgIpc) is 2.09. The molecule has 1 saturated heterocycles. The van der Waals surface area contributed by atoms with Crippen LogP contribution in [0.25, 0.3) is 0 Å². The molecule has 6 nitrogen and oxygen atoms in total. The van der Waals surface area contributed by atoms with Crippen LogP contribution in [-0.4, -0.2) is 43.9 Å². The molecule has 1 rings (SSSR count). The summed E-state index contributed by atoms with van der Waals surface area (Å²) in [7, 11) is -2.49. The minimum atomic E-state index is -2.49. The third-order valence-electron chi connectivity index (χ3n) is 2.58. The van der Waals surface area contributed by atoms with Crippen LogP contribution in [-0.2, 0) is 0 Å². The number of nitrogens with two attached hydrogens (primary N) is 1. The lowest BCUT2D eigenvalue weighted by atomic mass is 9.93. The van der Waals surface area contributed by atoms with Crippen molar-refractivity contribution in [3.05, 3.63) is 0 Å². The lowest BCUT2D eigenvalue weighted by Gasteiger charge is -2.45. The molecule has 84 valence electrons. The van der Waals surface area contributed by atoms with Crippen LogP contribution >= 0.6 is 10.6 Å². The van der Waals surface area contributed by atoms with E-state index in [0.29, 0.717) is 12.8 Å². The van der Waals surface area contributed by atoms with Gasteiger partial charge in [0.2, 0.25) is 0 Å². The average molecular weight is 224 g/mol. The lowest BCUT2D eigenvalue weighted by Crippen LogP contribution is -2.56. The van der Waals surface area contributed by atoms with E-state index in [-0.39, 0.29) is 18.1 Å². The van der Waals surface area contributed by atoms with E-state index < -0.39 is 22.2 Å². The summed E-state index contributed by atoms with van der Waals surface area (Å²) in [5.74, 6) is 0.453. The predicted octanol–water partition coefficient (Wildman–Crippen LogP) is 0.496. The summed E-state index contributed by atoms with van der Waals surface area (Å²) in [6.07, 6.45) is -0.343. The molecule has 1 aliphatic rings. The fourth-order valence-electron chi connectivity index (χ4n) is 1.55. The molecule has 0 radical (unpaired) electrons. The van der Waals surface area contributed by atoms with Crippen LogP contribution in [0.3, 0.4) is 0 Å². The second-order valence-electron chi connectivity index (χ2n) is 3.63. The Balaban J connectivity index is 2.61. The van der Waals surface area contributed by atoms with E-state index in [1.54, 1.807) is 0 Å². The number of hydrogen-bond acceptors (Lipinski definition) is 4. The molecule has 1 amide bonds. The number of hydrogen-bond donors (Lipinski definition) is 5. The summed E-state index contributed by atoms with van der Waals surface area (Å²) in [5.41, 5.74) is 4.82. The summed E-state index contributed by atoms with van der Waals surface area (Å²) >= 11 is 0. The van der Waals surface area contributed by atoms with Gasteiger partial charge in [-0.25, -0.2) is 4.79 Å². The van der Waals surface area contributed by atoms with Gasteiger partial charge in [-0.15, -0.1) is 0 Å². The minimum absolute atomic E-state index is 0.189. The fourth-order valence-corrected chi connectivity index (χ4v) is 3.19. The molecule has 1 fully saturated rings.